The van der Waals surface area contributed by atoms with Gasteiger partial charge < -0.3 is 58.0 Å². The van der Waals surface area contributed by atoms with Crippen molar-refractivity contribution < 1.29 is 76.1 Å². The minimum Gasteiger partial charge on any atom is -0.457 e. The lowest BCUT2D eigenvalue weighted by molar-refractivity contribution is -0.128. The highest BCUT2D eigenvalue weighted by atomic mass is 16.6. The number of epoxide rings is 4. The summed E-state index contributed by atoms with van der Waals surface area (Å²) >= 11 is 0. The van der Waals surface area contributed by atoms with Crippen molar-refractivity contribution in [2.24, 2.45) is 11.8 Å². The maximum absolute atomic E-state index is 16.2. The van der Waals surface area contributed by atoms with Crippen LogP contribution in [0.4, 0.5) is 0 Å². The van der Waals surface area contributed by atoms with Crippen LogP contribution in [-0.2, 0) is 38.0 Å². The van der Waals surface area contributed by atoms with E-state index in [9.17, 15) is 9.59 Å². The number of carbonyl (C=O) groups is 6. The summed E-state index contributed by atoms with van der Waals surface area (Å²) < 4.78 is 62.8. The molecule has 6 atom stereocenters. The van der Waals surface area contributed by atoms with Crippen LogP contribution in [0.2, 0.25) is 0 Å². The molecule has 4 fully saturated rings. The number of fused-ring (bicyclic) bond motifs is 2. The van der Waals surface area contributed by atoms with E-state index in [1.54, 1.807) is 100 Å². The number of imide groups is 2. The first kappa shape index (κ1) is 68.2. The van der Waals surface area contributed by atoms with Gasteiger partial charge in [0.1, 0.15) is 71.5 Å². The molecule has 4 saturated heterocycles. The smallest absolute Gasteiger partial charge is 0.262 e. The summed E-state index contributed by atoms with van der Waals surface area (Å²) in [6.07, 6.45) is 0.658. The highest BCUT2D eigenvalue weighted by Crippen LogP contribution is 2.58. The van der Waals surface area contributed by atoms with E-state index in [1.165, 1.54) is 0 Å². The lowest BCUT2D eigenvalue weighted by Crippen LogP contribution is -2.56. The van der Waals surface area contributed by atoms with Crippen molar-refractivity contribution in [3.63, 3.8) is 0 Å². The predicted octanol–water partition coefficient (Wildman–Crippen LogP) is 11.8. The molecular weight excluding hydrogens is 1300 g/mol. The van der Waals surface area contributed by atoms with Crippen molar-refractivity contribution in [2.75, 3.05) is 92.4 Å². The third-order valence-electron chi connectivity index (χ3n) is 19.6. The molecule has 9 aromatic carbocycles. The fourth-order valence-corrected chi connectivity index (χ4v) is 14.1. The molecule has 22 nitrogen and oxygen atoms in total. The number of carbonyl (C=O) groups excluding carboxylic acids is 6. The highest BCUT2D eigenvalue weighted by Gasteiger charge is 2.48. The number of nitrogens with one attached hydrogen (secondary N) is 2. The van der Waals surface area contributed by atoms with Gasteiger partial charge in [-0.1, -0.05) is 98.5 Å². The summed E-state index contributed by atoms with van der Waals surface area (Å²) in [5, 5.41) is 8.01. The number of rotatable bonds is 32. The largest absolute Gasteiger partial charge is 0.457 e. The van der Waals surface area contributed by atoms with Crippen LogP contribution in [0.5, 0.6) is 46.0 Å². The minimum atomic E-state index is -1.35. The van der Waals surface area contributed by atoms with Crippen LogP contribution in [0, 0.1) is 39.5 Å². The van der Waals surface area contributed by atoms with Crippen molar-refractivity contribution in [2.45, 2.75) is 91.9 Å². The zero-order valence-corrected chi connectivity index (χ0v) is 58.4. The van der Waals surface area contributed by atoms with Gasteiger partial charge in [-0.2, -0.15) is 0 Å². The zero-order valence-electron chi connectivity index (χ0n) is 58.4. The Hall–Kier alpha value is -9.62. The first-order valence-electron chi connectivity index (χ1n) is 35.0. The number of aryl methyl sites for hydroxylation is 4. The molecule has 2 N–H and O–H groups in total. The van der Waals surface area contributed by atoms with E-state index in [-0.39, 0.29) is 107 Å². The second kappa shape index (κ2) is 28.3. The zero-order chi connectivity index (χ0) is 70.8. The van der Waals surface area contributed by atoms with Gasteiger partial charge in [0.2, 0.25) is 11.8 Å². The molecule has 0 saturated carbocycles. The molecule has 9 aromatic rings. The van der Waals surface area contributed by atoms with Gasteiger partial charge >= 0.3 is 0 Å². The standard InChI is InChI=1S/C80H82N6O16/c1-43(2)73(75(87)81-41-93-27-25-83(33-53-37-95-53)34-54-38-96-54)85-77(89)57-29-61(99-49-17-9-45(5)10-18-49)67-69-63(101-51-21-13-47(7)14-22-51)31-59-66-60(80(92)86(79(59)91)74(44(3)4)76(88)82-42-94-28-26-84(35-55-39-97-55)36-56-40-98-56)32-64(102-52-23-15-48(8)16-24-52)70(72(66)69)68-62(100-50-19-11-46(6)12-20-50)30-58(78(85)90)65(57)71(67)68/h9-24,29-32,43-44,53-56,73-74H,25-28,33-42H2,1-8H3,(H,81,87)(H,82,88). The Labute approximate surface area is 590 Å². The van der Waals surface area contributed by atoms with Crippen molar-refractivity contribution in [3.8, 4) is 46.0 Å². The number of hydrogen-bond donors (Lipinski definition) is 2. The number of benzene rings is 9. The summed E-state index contributed by atoms with van der Waals surface area (Å²) in [6, 6.07) is 33.2. The van der Waals surface area contributed by atoms with E-state index in [1.807, 2.05) is 76.2 Å². The van der Waals surface area contributed by atoms with Crippen molar-refractivity contribution in [1.82, 2.24) is 30.2 Å². The predicted molar refractivity (Wildman–Crippen MR) is 381 cm³/mol. The van der Waals surface area contributed by atoms with E-state index in [0.717, 1.165) is 58.2 Å². The fraction of sp³-hybridized carbons (Fsp3) is 0.375. The third kappa shape index (κ3) is 14.1. The summed E-state index contributed by atoms with van der Waals surface area (Å²) in [5.41, 5.74) is 3.87. The summed E-state index contributed by atoms with van der Waals surface area (Å²) in [4.78, 5) is 101. The molecule has 0 radical (unpaired) electrons. The van der Waals surface area contributed by atoms with Gasteiger partial charge in [0, 0.05) is 82.4 Å². The molecule has 0 aliphatic carbocycles. The lowest BCUT2D eigenvalue weighted by Gasteiger charge is -2.37. The number of ether oxygens (including phenoxy) is 10. The Balaban J connectivity index is 0.922. The molecule has 102 heavy (non-hydrogen) atoms. The third-order valence-corrected chi connectivity index (χ3v) is 19.6. The molecule has 6 aliphatic rings. The van der Waals surface area contributed by atoms with Gasteiger partial charge in [-0.15, -0.1) is 0 Å². The first-order chi connectivity index (χ1) is 49.3. The van der Waals surface area contributed by atoms with E-state index in [0.29, 0.717) is 94.8 Å². The van der Waals surface area contributed by atoms with Gasteiger partial charge in [-0.25, -0.2) is 0 Å². The van der Waals surface area contributed by atoms with Gasteiger partial charge in [0.15, 0.2) is 0 Å². The fourth-order valence-electron chi connectivity index (χ4n) is 14.1. The van der Waals surface area contributed by atoms with Gasteiger partial charge in [-0.05, 0) is 112 Å². The van der Waals surface area contributed by atoms with Gasteiger partial charge in [0.25, 0.3) is 23.6 Å². The van der Waals surface area contributed by atoms with Crippen molar-refractivity contribution in [3.05, 3.63) is 166 Å². The van der Waals surface area contributed by atoms with Gasteiger partial charge in [-0.3, -0.25) is 48.4 Å². The summed E-state index contributed by atoms with van der Waals surface area (Å²) in [6.45, 7) is 21.9. The van der Waals surface area contributed by atoms with E-state index >= 15 is 19.2 Å². The maximum Gasteiger partial charge on any atom is 0.262 e. The maximum atomic E-state index is 16.2. The molecule has 6 unspecified atom stereocenters. The Morgan fingerprint density at radius 2 is 0.647 bits per heavy atom. The molecule has 6 aliphatic heterocycles. The van der Waals surface area contributed by atoms with Gasteiger partial charge in [0.05, 0.1) is 86.3 Å². The van der Waals surface area contributed by atoms with E-state index in [4.69, 9.17) is 47.4 Å². The Kier molecular flexibility index (Phi) is 18.9. The number of nitrogens with zero attached hydrogens (tertiary/aromatic N) is 4. The Bertz CT molecular complexity index is 4190. The van der Waals surface area contributed by atoms with Crippen molar-refractivity contribution in [1.29, 1.82) is 0 Å². The van der Waals surface area contributed by atoms with Crippen LogP contribution >= 0.6 is 0 Å². The highest BCUT2D eigenvalue weighted by molar-refractivity contribution is 6.45. The molecular formula is C80H82N6O16. The summed E-state index contributed by atoms with van der Waals surface area (Å²) in [7, 11) is 0. The average Bonchev–Trinajstić information content (AvgIpc) is 0.980. The molecule has 528 valence electrons. The van der Waals surface area contributed by atoms with Crippen LogP contribution in [0.25, 0.3) is 43.1 Å². The molecule has 0 bridgehead atoms. The number of amides is 6. The average molecular weight is 1380 g/mol. The quantitative estimate of drug-likeness (QED) is 0.00993. The second-order valence-corrected chi connectivity index (χ2v) is 28.2. The number of hydrogen-bond acceptors (Lipinski definition) is 18. The second-order valence-electron chi connectivity index (χ2n) is 28.2. The molecule has 0 aromatic heterocycles. The minimum absolute atomic E-state index is 0.0254. The first-order valence-corrected chi connectivity index (χ1v) is 35.0. The van der Waals surface area contributed by atoms with Crippen LogP contribution in [0.3, 0.4) is 0 Å². The van der Waals surface area contributed by atoms with E-state index < -0.39 is 59.4 Å². The lowest BCUT2D eigenvalue weighted by atomic mass is 9.80. The van der Waals surface area contributed by atoms with Crippen molar-refractivity contribution >= 4 is 78.5 Å². The SMILES string of the molecule is Cc1ccc(Oc2cc3c4c(cc(Oc5ccc(C)cc5)c5c6c(Oc7ccc(C)cc7)cc7c8c(cc(Oc9ccc(C)cc9)c(c2c45)c86)C(=O)N(C(C(=O)NCOCCN(CC2CO2)CC2CO2)C(C)C)C7=O)C(=O)N(C(C(=O)NCOCCN(CC2CO2)CC2CO2)C(C)C)C3=O)cc1. The summed E-state index contributed by atoms with van der Waals surface area (Å²) in [5.74, 6) is -3.66. The normalized spacial score (nSPS) is 18.7. The van der Waals surface area contributed by atoms with Crippen LogP contribution in [0.1, 0.15) is 91.4 Å². The van der Waals surface area contributed by atoms with Crippen LogP contribution < -0.4 is 29.6 Å². The molecule has 6 amide bonds. The van der Waals surface area contributed by atoms with Crippen LogP contribution in [-0.4, -0.2) is 184 Å². The monoisotopic (exact) mass is 1380 g/mol. The molecule has 0 spiro atoms. The molecule has 15 rings (SSSR count). The molecule has 6 heterocycles. The molecule has 22 heteroatoms. The Morgan fingerprint density at radius 1 is 0.402 bits per heavy atom. The Morgan fingerprint density at radius 3 is 0.873 bits per heavy atom. The van der Waals surface area contributed by atoms with Crippen LogP contribution in [0.15, 0.2) is 121 Å². The topological polar surface area (TPSA) is 245 Å². The van der Waals surface area contributed by atoms with E-state index in [2.05, 4.69) is 20.4 Å².